The Kier molecular flexibility index (Phi) is 7.59. The first kappa shape index (κ1) is 20.5. The lowest BCUT2D eigenvalue weighted by atomic mass is 10.1. The van der Waals surface area contributed by atoms with Crippen LogP contribution >= 0.6 is 15.9 Å². The minimum atomic E-state index is -0.127. The molecule has 2 amide bonds. The average molecular weight is 446 g/mol. The number of morpholine rings is 1. The van der Waals surface area contributed by atoms with Crippen LogP contribution in [0, 0.1) is 0 Å². The Balaban J connectivity index is 1.42. The quantitative estimate of drug-likeness (QED) is 0.686. The van der Waals surface area contributed by atoms with E-state index < -0.39 is 0 Å². The molecule has 0 radical (unpaired) electrons. The van der Waals surface area contributed by atoms with Gasteiger partial charge in [0.05, 0.1) is 13.2 Å². The summed E-state index contributed by atoms with van der Waals surface area (Å²) in [6, 6.07) is 14.5. The minimum Gasteiger partial charge on any atom is -0.379 e. The molecule has 148 valence electrons. The fraction of sp³-hybridized carbons (Fsp3) is 0.333. The molecule has 1 aliphatic rings. The first-order valence-electron chi connectivity index (χ1n) is 9.33. The van der Waals surface area contributed by atoms with Gasteiger partial charge in [-0.05, 0) is 42.0 Å². The molecule has 0 aliphatic carbocycles. The number of carbonyl (C=O) groups is 2. The molecule has 6 nitrogen and oxygen atoms in total. The second-order valence-electron chi connectivity index (χ2n) is 6.60. The highest BCUT2D eigenvalue weighted by atomic mass is 79.9. The van der Waals surface area contributed by atoms with Gasteiger partial charge in [-0.2, -0.15) is 0 Å². The van der Waals surface area contributed by atoms with E-state index >= 15 is 0 Å². The van der Waals surface area contributed by atoms with E-state index in [0.717, 1.165) is 42.9 Å². The Morgan fingerprint density at radius 2 is 1.46 bits per heavy atom. The zero-order valence-corrected chi connectivity index (χ0v) is 17.2. The first-order chi connectivity index (χ1) is 13.6. The molecule has 1 saturated heterocycles. The predicted molar refractivity (Wildman–Crippen MR) is 111 cm³/mol. The zero-order valence-electron chi connectivity index (χ0n) is 15.6. The van der Waals surface area contributed by atoms with Crippen LogP contribution in [-0.2, 0) is 11.3 Å². The molecule has 2 N–H and O–H groups in total. The van der Waals surface area contributed by atoms with Crippen molar-refractivity contribution < 1.29 is 14.3 Å². The summed E-state index contributed by atoms with van der Waals surface area (Å²) in [5.74, 6) is -0.212. The largest absolute Gasteiger partial charge is 0.379 e. The number of benzene rings is 2. The number of nitrogens with zero attached hydrogens (tertiary/aromatic N) is 1. The number of hydrogen-bond donors (Lipinski definition) is 2. The highest BCUT2D eigenvalue weighted by Crippen LogP contribution is 2.11. The SMILES string of the molecule is O=C(NCCN1CCOCC1)c1ccc(CNC(=O)c2ccc(Br)cc2)cc1. The molecule has 2 aromatic carbocycles. The van der Waals surface area contributed by atoms with E-state index in [2.05, 4.69) is 31.5 Å². The molecule has 0 atom stereocenters. The van der Waals surface area contributed by atoms with E-state index in [4.69, 9.17) is 4.74 Å². The van der Waals surface area contributed by atoms with Crippen LogP contribution in [0.4, 0.5) is 0 Å². The van der Waals surface area contributed by atoms with Crippen LogP contribution in [0.1, 0.15) is 26.3 Å². The normalized spacial score (nSPS) is 14.5. The van der Waals surface area contributed by atoms with Gasteiger partial charge in [-0.25, -0.2) is 0 Å². The molecular formula is C21H24BrN3O3. The third-order valence-electron chi connectivity index (χ3n) is 4.59. The maximum Gasteiger partial charge on any atom is 0.251 e. The van der Waals surface area contributed by atoms with Crippen LogP contribution < -0.4 is 10.6 Å². The molecule has 0 aromatic heterocycles. The summed E-state index contributed by atoms with van der Waals surface area (Å²) >= 11 is 3.35. The Morgan fingerprint density at radius 1 is 0.893 bits per heavy atom. The summed E-state index contributed by atoms with van der Waals surface area (Å²) < 4.78 is 6.25. The van der Waals surface area contributed by atoms with Crippen molar-refractivity contribution in [3.8, 4) is 0 Å². The molecule has 1 aliphatic heterocycles. The van der Waals surface area contributed by atoms with Crippen molar-refractivity contribution in [1.29, 1.82) is 0 Å². The standard InChI is InChI=1S/C21H24BrN3O3/c22-19-7-5-18(6-8-19)21(27)24-15-16-1-3-17(4-2-16)20(26)23-9-10-25-11-13-28-14-12-25/h1-8H,9-15H2,(H,23,26)(H,24,27). The second kappa shape index (κ2) is 10.4. The number of carbonyl (C=O) groups excluding carboxylic acids is 2. The van der Waals surface area contributed by atoms with Gasteiger partial charge in [-0.15, -0.1) is 0 Å². The van der Waals surface area contributed by atoms with Crippen LogP contribution in [0.2, 0.25) is 0 Å². The third kappa shape index (κ3) is 6.15. The summed E-state index contributed by atoms with van der Waals surface area (Å²) in [7, 11) is 0. The summed E-state index contributed by atoms with van der Waals surface area (Å²) in [6.45, 7) is 5.20. The van der Waals surface area contributed by atoms with Gasteiger partial charge in [-0.1, -0.05) is 28.1 Å². The smallest absolute Gasteiger partial charge is 0.251 e. The highest BCUT2D eigenvalue weighted by molar-refractivity contribution is 9.10. The molecule has 3 rings (SSSR count). The number of amides is 2. The molecule has 0 spiro atoms. The van der Waals surface area contributed by atoms with Gasteiger partial charge in [0.2, 0.25) is 0 Å². The third-order valence-corrected chi connectivity index (χ3v) is 5.12. The Labute approximate surface area is 173 Å². The van der Waals surface area contributed by atoms with Crippen LogP contribution in [0.25, 0.3) is 0 Å². The molecule has 1 fully saturated rings. The molecular weight excluding hydrogens is 422 g/mol. The first-order valence-corrected chi connectivity index (χ1v) is 10.1. The van der Waals surface area contributed by atoms with Crippen LogP contribution in [0.15, 0.2) is 53.0 Å². The van der Waals surface area contributed by atoms with Crippen molar-refractivity contribution in [2.24, 2.45) is 0 Å². The lowest BCUT2D eigenvalue weighted by Gasteiger charge is -2.26. The van der Waals surface area contributed by atoms with Gasteiger partial charge in [0.15, 0.2) is 0 Å². The predicted octanol–water partition coefficient (Wildman–Crippen LogP) is 2.44. The lowest BCUT2D eigenvalue weighted by molar-refractivity contribution is 0.0383. The Hall–Kier alpha value is -2.22. The number of ether oxygens (including phenoxy) is 1. The van der Waals surface area contributed by atoms with E-state index in [1.54, 1.807) is 24.3 Å². The van der Waals surface area contributed by atoms with E-state index in [1.807, 2.05) is 24.3 Å². The number of hydrogen-bond acceptors (Lipinski definition) is 4. The van der Waals surface area contributed by atoms with E-state index in [0.29, 0.717) is 24.2 Å². The minimum absolute atomic E-state index is 0.0845. The van der Waals surface area contributed by atoms with Crippen LogP contribution in [0.5, 0.6) is 0 Å². The van der Waals surface area contributed by atoms with Gasteiger partial charge in [0.25, 0.3) is 11.8 Å². The van der Waals surface area contributed by atoms with Crippen molar-refractivity contribution in [2.45, 2.75) is 6.54 Å². The van der Waals surface area contributed by atoms with E-state index in [1.165, 1.54) is 0 Å². The molecule has 2 aromatic rings. The topological polar surface area (TPSA) is 70.7 Å². The molecule has 1 heterocycles. The van der Waals surface area contributed by atoms with Crippen LogP contribution in [0.3, 0.4) is 0 Å². The molecule has 0 bridgehead atoms. The molecule has 28 heavy (non-hydrogen) atoms. The maximum absolute atomic E-state index is 12.2. The maximum atomic E-state index is 12.2. The highest BCUT2D eigenvalue weighted by Gasteiger charge is 2.11. The zero-order chi connectivity index (χ0) is 19.8. The number of nitrogens with one attached hydrogen (secondary N) is 2. The summed E-state index contributed by atoms with van der Waals surface area (Å²) in [6.07, 6.45) is 0. The van der Waals surface area contributed by atoms with Gasteiger partial charge >= 0.3 is 0 Å². The average Bonchev–Trinajstić information content (AvgIpc) is 2.73. The summed E-state index contributed by atoms with van der Waals surface area (Å²) in [4.78, 5) is 26.7. The fourth-order valence-electron chi connectivity index (χ4n) is 2.91. The fourth-order valence-corrected chi connectivity index (χ4v) is 3.18. The van der Waals surface area contributed by atoms with Crippen molar-refractivity contribution in [3.05, 3.63) is 69.7 Å². The Bertz CT molecular complexity index is 788. The monoisotopic (exact) mass is 445 g/mol. The van der Waals surface area contributed by atoms with Gasteiger partial charge in [0, 0.05) is 48.3 Å². The summed E-state index contributed by atoms with van der Waals surface area (Å²) in [5.41, 5.74) is 2.17. The van der Waals surface area contributed by atoms with Crippen molar-refractivity contribution in [1.82, 2.24) is 15.5 Å². The van der Waals surface area contributed by atoms with Gasteiger partial charge in [-0.3, -0.25) is 14.5 Å². The van der Waals surface area contributed by atoms with Gasteiger partial charge in [0.1, 0.15) is 0 Å². The van der Waals surface area contributed by atoms with Crippen molar-refractivity contribution >= 4 is 27.7 Å². The van der Waals surface area contributed by atoms with E-state index in [-0.39, 0.29) is 11.8 Å². The molecule has 7 heteroatoms. The summed E-state index contributed by atoms with van der Waals surface area (Å²) in [5, 5.41) is 5.83. The van der Waals surface area contributed by atoms with E-state index in [9.17, 15) is 9.59 Å². The van der Waals surface area contributed by atoms with Crippen molar-refractivity contribution in [3.63, 3.8) is 0 Å². The van der Waals surface area contributed by atoms with Gasteiger partial charge < -0.3 is 15.4 Å². The number of halogens is 1. The lowest BCUT2D eigenvalue weighted by Crippen LogP contribution is -2.41. The Morgan fingerprint density at radius 3 is 2.11 bits per heavy atom. The molecule has 0 unspecified atom stereocenters. The van der Waals surface area contributed by atoms with Crippen molar-refractivity contribution in [2.75, 3.05) is 39.4 Å². The number of rotatable bonds is 7. The second-order valence-corrected chi connectivity index (χ2v) is 7.51. The van der Waals surface area contributed by atoms with Crippen LogP contribution in [-0.4, -0.2) is 56.1 Å². The molecule has 0 saturated carbocycles.